The lowest BCUT2D eigenvalue weighted by Crippen LogP contribution is -2.35. The average molecular weight is 229 g/mol. The van der Waals surface area contributed by atoms with Crippen molar-refractivity contribution in [1.82, 2.24) is 4.90 Å². The van der Waals surface area contributed by atoms with E-state index in [1.54, 1.807) is 0 Å². The number of nitrogens with zero attached hydrogens (tertiary/aromatic N) is 1. The summed E-state index contributed by atoms with van der Waals surface area (Å²) >= 11 is 0. The SMILES string of the molecule is C=CC[C@@H]1CCC(=O)N1[C@@H](C)c1ccccc1. The highest BCUT2D eigenvalue weighted by molar-refractivity contribution is 5.79. The molecule has 0 saturated carbocycles. The number of likely N-dealkylation sites (tertiary alicyclic amines) is 1. The molecule has 1 fully saturated rings. The van der Waals surface area contributed by atoms with Gasteiger partial charge in [0.05, 0.1) is 6.04 Å². The molecule has 1 aromatic rings. The standard InChI is InChI=1S/C15H19NO/c1-3-7-14-10-11-15(17)16(14)12(2)13-8-5-4-6-9-13/h3-6,8-9,12,14H,1,7,10-11H2,2H3/t12-,14+/m0/s1. The summed E-state index contributed by atoms with van der Waals surface area (Å²) in [5.74, 6) is 0.271. The zero-order chi connectivity index (χ0) is 12.3. The van der Waals surface area contributed by atoms with Crippen molar-refractivity contribution in [3.8, 4) is 0 Å². The van der Waals surface area contributed by atoms with Gasteiger partial charge in [-0.1, -0.05) is 36.4 Å². The Kier molecular flexibility index (Phi) is 3.62. The molecule has 90 valence electrons. The first-order chi connectivity index (χ1) is 8.24. The number of carbonyl (C=O) groups is 1. The van der Waals surface area contributed by atoms with Gasteiger partial charge in [-0.05, 0) is 25.3 Å². The van der Waals surface area contributed by atoms with Crippen LogP contribution < -0.4 is 0 Å². The van der Waals surface area contributed by atoms with Gasteiger partial charge in [-0.3, -0.25) is 4.79 Å². The third-order valence-corrected chi connectivity index (χ3v) is 3.51. The normalized spacial score (nSPS) is 21.6. The predicted molar refractivity (Wildman–Crippen MR) is 69.5 cm³/mol. The van der Waals surface area contributed by atoms with E-state index >= 15 is 0 Å². The van der Waals surface area contributed by atoms with Crippen molar-refractivity contribution in [2.45, 2.75) is 38.3 Å². The number of hydrogen-bond donors (Lipinski definition) is 0. The van der Waals surface area contributed by atoms with Crippen LogP contribution in [0.5, 0.6) is 0 Å². The van der Waals surface area contributed by atoms with Crippen molar-refractivity contribution >= 4 is 5.91 Å². The van der Waals surface area contributed by atoms with E-state index in [2.05, 4.69) is 25.6 Å². The van der Waals surface area contributed by atoms with Crippen LogP contribution in [0.2, 0.25) is 0 Å². The minimum atomic E-state index is 0.163. The Hall–Kier alpha value is -1.57. The molecule has 0 spiro atoms. The van der Waals surface area contributed by atoms with Crippen molar-refractivity contribution in [3.63, 3.8) is 0 Å². The number of amides is 1. The van der Waals surface area contributed by atoms with Crippen molar-refractivity contribution in [1.29, 1.82) is 0 Å². The second-order valence-corrected chi connectivity index (χ2v) is 4.60. The Labute approximate surface area is 103 Å². The van der Waals surface area contributed by atoms with Crippen molar-refractivity contribution in [2.24, 2.45) is 0 Å². The third kappa shape index (κ3) is 2.41. The summed E-state index contributed by atoms with van der Waals surface area (Å²) in [6.45, 7) is 5.88. The van der Waals surface area contributed by atoms with Crippen LogP contribution in [-0.2, 0) is 4.79 Å². The molecule has 2 atom stereocenters. The molecule has 0 unspecified atom stereocenters. The molecule has 1 aromatic carbocycles. The Bertz CT molecular complexity index is 399. The van der Waals surface area contributed by atoms with E-state index in [-0.39, 0.29) is 11.9 Å². The topological polar surface area (TPSA) is 20.3 Å². The first-order valence-electron chi connectivity index (χ1n) is 6.21. The highest BCUT2D eigenvalue weighted by Crippen LogP contribution is 2.31. The number of benzene rings is 1. The summed E-state index contributed by atoms with van der Waals surface area (Å²) < 4.78 is 0. The number of rotatable bonds is 4. The van der Waals surface area contributed by atoms with E-state index in [1.165, 1.54) is 5.56 Å². The summed E-state index contributed by atoms with van der Waals surface area (Å²) in [4.78, 5) is 14.0. The first kappa shape index (κ1) is 11.9. The lowest BCUT2D eigenvalue weighted by Gasteiger charge is -2.30. The molecule has 0 bridgehead atoms. The van der Waals surface area contributed by atoms with Crippen molar-refractivity contribution in [3.05, 3.63) is 48.6 Å². The molecular weight excluding hydrogens is 210 g/mol. The van der Waals surface area contributed by atoms with Gasteiger partial charge in [0, 0.05) is 12.5 Å². The lowest BCUT2D eigenvalue weighted by atomic mass is 10.0. The maximum Gasteiger partial charge on any atom is 0.223 e. The zero-order valence-corrected chi connectivity index (χ0v) is 10.3. The molecule has 1 amide bonds. The molecule has 1 saturated heterocycles. The van der Waals surface area contributed by atoms with Crippen LogP contribution in [0.25, 0.3) is 0 Å². The summed E-state index contributed by atoms with van der Waals surface area (Å²) in [5, 5.41) is 0. The van der Waals surface area contributed by atoms with E-state index in [0.717, 1.165) is 12.8 Å². The highest BCUT2D eigenvalue weighted by atomic mass is 16.2. The van der Waals surface area contributed by atoms with E-state index in [4.69, 9.17) is 0 Å². The van der Waals surface area contributed by atoms with Crippen LogP contribution in [0.15, 0.2) is 43.0 Å². The van der Waals surface area contributed by atoms with Gasteiger partial charge in [0.25, 0.3) is 0 Å². The molecule has 0 N–H and O–H groups in total. The molecular formula is C15H19NO. The van der Waals surface area contributed by atoms with E-state index in [9.17, 15) is 4.79 Å². The predicted octanol–water partition coefficient (Wildman–Crippen LogP) is 3.31. The van der Waals surface area contributed by atoms with Gasteiger partial charge in [0.1, 0.15) is 0 Å². The molecule has 2 rings (SSSR count). The highest BCUT2D eigenvalue weighted by Gasteiger charge is 2.33. The Morgan fingerprint density at radius 2 is 2.18 bits per heavy atom. The van der Waals surface area contributed by atoms with Gasteiger partial charge >= 0.3 is 0 Å². The Morgan fingerprint density at radius 3 is 2.82 bits per heavy atom. The fourth-order valence-electron chi connectivity index (χ4n) is 2.61. The third-order valence-electron chi connectivity index (χ3n) is 3.51. The summed E-state index contributed by atoms with van der Waals surface area (Å²) in [5.41, 5.74) is 1.21. The van der Waals surface area contributed by atoms with Gasteiger partial charge in [0.2, 0.25) is 5.91 Å². The Balaban J connectivity index is 2.19. The number of carbonyl (C=O) groups excluding carboxylic acids is 1. The summed E-state index contributed by atoms with van der Waals surface area (Å²) in [7, 11) is 0. The van der Waals surface area contributed by atoms with Crippen LogP contribution in [-0.4, -0.2) is 16.8 Å². The van der Waals surface area contributed by atoms with Crippen LogP contribution in [0.3, 0.4) is 0 Å². The Morgan fingerprint density at radius 1 is 1.47 bits per heavy atom. The maximum atomic E-state index is 12.0. The molecule has 1 aliphatic rings. The molecule has 0 aliphatic carbocycles. The van der Waals surface area contributed by atoms with Gasteiger partial charge in [0.15, 0.2) is 0 Å². The summed E-state index contributed by atoms with van der Waals surface area (Å²) in [6, 6.07) is 10.7. The average Bonchev–Trinajstić information content (AvgIpc) is 2.71. The zero-order valence-electron chi connectivity index (χ0n) is 10.3. The minimum absolute atomic E-state index is 0.163. The van der Waals surface area contributed by atoms with Gasteiger partial charge < -0.3 is 4.90 Å². The second kappa shape index (κ2) is 5.17. The maximum absolute atomic E-state index is 12.0. The fraction of sp³-hybridized carbons (Fsp3) is 0.400. The van der Waals surface area contributed by atoms with Crippen LogP contribution >= 0.6 is 0 Å². The van der Waals surface area contributed by atoms with E-state index in [1.807, 2.05) is 29.2 Å². The molecule has 0 radical (unpaired) electrons. The van der Waals surface area contributed by atoms with Crippen molar-refractivity contribution in [2.75, 3.05) is 0 Å². The minimum Gasteiger partial charge on any atom is -0.333 e. The van der Waals surface area contributed by atoms with Crippen LogP contribution in [0.1, 0.15) is 37.8 Å². The molecule has 2 nitrogen and oxygen atoms in total. The monoisotopic (exact) mass is 229 g/mol. The largest absolute Gasteiger partial charge is 0.333 e. The van der Waals surface area contributed by atoms with Gasteiger partial charge in [-0.25, -0.2) is 0 Å². The summed E-state index contributed by atoms with van der Waals surface area (Å²) in [6.07, 6.45) is 4.44. The van der Waals surface area contributed by atoms with Gasteiger partial charge in [-0.2, -0.15) is 0 Å². The van der Waals surface area contributed by atoms with E-state index < -0.39 is 0 Å². The molecule has 0 aromatic heterocycles. The first-order valence-corrected chi connectivity index (χ1v) is 6.21. The lowest BCUT2D eigenvalue weighted by molar-refractivity contribution is -0.131. The smallest absolute Gasteiger partial charge is 0.223 e. The van der Waals surface area contributed by atoms with E-state index in [0.29, 0.717) is 12.5 Å². The van der Waals surface area contributed by atoms with Crippen LogP contribution in [0, 0.1) is 0 Å². The van der Waals surface area contributed by atoms with Crippen LogP contribution in [0.4, 0.5) is 0 Å². The molecule has 1 heterocycles. The molecule has 2 heteroatoms. The number of hydrogen-bond acceptors (Lipinski definition) is 1. The molecule has 17 heavy (non-hydrogen) atoms. The molecule has 1 aliphatic heterocycles. The second-order valence-electron chi connectivity index (χ2n) is 4.60. The van der Waals surface area contributed by atoms with Crippen molar-refractivity contribution < 1.29 is 4.79 Å². The van der Waals surface area contributed by atoms with Gasteiger partial charge in [-0.15, -0.1) is 6.58 Å². The fourth-order valence-corrected chi connectivity index (χ4v) is 2.61. The quantitative estimate of drug-likeness (QED) is 0.725.